The van der Waals surface area contributed by atoms with Crippen molar-refractivity contribution >= 4 is 5.91 Å². The van der Waals surface area contributed by atoms with Crippen molar-refractivity contribution < 1.29 is 39.8 Å². The lowest BCUT2D eigenvalue weighted by molar-refractivity contribution is -0.302. The van der Waals surface area contributed by atoms with Gasteiger partial charge in [0.15, 0.2) is 6.29 Å². The van der Waals surface area contributed by atoms with Crippen molar-refractivity contribution in [2.24, 2.45) is 0 Å². The Morgan fingerprint density at radius 3 is 1.32 bits per heavy atom. The molecule has 0 saturated carbocycles. The fourth-order valence-corrected chi connectivity index (χ4v) is 9.07. The maximum atomic E-state index is 13.1. The van der Waals surface area contributed by atoms with E-state index in [-0.39, 0.29) is 12.5 Å². The smallest absolute Gasteiger partial charge is 0.220 e. The number of carbonyl (C=O) groups is 1. The van der Waals surface area contributed by atoms with Crippen molar-refractivity contribution in [2.75, 3.05) is 13.2 Å². The zero-order valence-electron chi connectivity index (χ0n) is 44.6. The highest BCUT2D eigenvalue weighted by Gasteiger charge is 2.44. The zero-order valence-corrected chi connectivity index (χ0v) is 44.6. The number of aliphatic hydroxyl groups is 5. The maximum Gasteiger partial charge on any atom is 0.220 e. The van der Waals surface area contributed by atoms with Crippen LogP contribution >= 0.6 is 0 Å². The largest absolute Gasteiger partial charge is 0.394 e. The van der Waals surface area contributed by atoms with Crippen LogP contribution in [0.4, 0.5) is 0 Å². The van der Waals surface area contributed by atoms with E-state index < -0.39 is 49.5 Å². The van der Waals surface area contributed by atoms with Gasteiger partial charge in [-0.3, -0.25) is 4.79 Å². The van der Waals surface area contributed by atoms with Gasteiger partial charge in [0.05, 0.1) is 25.4 Å². The Balaban J connectivity index is 2.21. The number of nitrogens with one attached hydrogen (secondary N) is 1. The second-order valence-corrected chi connectivity index (χ2v) is 20.1. The third-order valence-corrected chi connectivity index (χ3v) is 13.6. The van der Waals surface area contributed by atoms with Gasteiger partial charge in [0.2, 0.25) is 5.91 Å². The molecule has 1 aliphatic rings. The number of hydrogen-bond acceptors (Lipinski definition) is 8. The number of amides is 1. The molecule has 1 fully saturated rings. The van der Waals surface area contributed by atoms with Crippen LogP contribution < -0.4 is 5.32 Å². The van der Waals surface area contributed by atoms with Crippen LogP contribution in [0.1, 0.15) is 258 Å². The van der Waals surface area contributed by atoms with Gasteiger partial charge in [-0.2, -0.15) is 0 Å². The average molecular weight is 973 g/mol. The zero-order chi connectivity index (χ0) is 50.1. The summed E-state index contributed by atoms with van der Waals surface area (Å²) in [5, 5.41) is 54.7. The number of ether oxygens (including phenoxy) is 2. The minimum absolute atomic E-state index is 0.154. The van der Waals surface area contributed by atoms with Crippen LogP contribution in [0.15, 0.2) is 60.8 Å². The summed E-state index contributed by atoms with van der Waals surface area (Å²) < 4.78 is 11.3. The first-order chi connectivity index (χ1) is 33.8. The Morgan fingerprint density at radius 2 is 0.899 bits per heavy atom. The Morgan fingerprint density at radius 1 is 0.507 bits per heavy atom. The van der Waals surface area contributed by atoms with E-state index in [4.69, 9.17) is 9.47 Å². The molecule has 6 N–H and O–H groups in total. The summed E-state index contributed by atoms with van der Waals surface area (Å²) in [6.07, 6.45) is 59.7. The standard InChI is InChI=1S/C60H109NO8/c1-3-5-7-9-11-13-15-17-19-21-23-24-25-26-27-28-29-30-32-33-35-37-39-41-43-45-47-49-54(63)53(52-68-60-59(67)58(66)57(65)55(51-62)69-60)61-56(64)50-48-46-44-42-40-38-36-34-31-22-20-18-16-14-12-10-8-6-4-2/h6,8,12,14,18,20,31,34,38,40,53-55,57-60,62-63,65-67H,3-5,7,9-11,13,15-17,19,21-30,32-33,35-37,39,41-52H2,1-2H3,(H,61,64)/b8-6-,14-12-,20-18-,34-31-,40-38-. The van der Waals surface area contributed by atoms with Crippen LogP contribution in [0.2, 0.25) is 0 Å². The lowest BCUT2D eigenvalue weighted by Gasteiger charge is -2.40. The molecule has 7 atom stereocenters. The second-order valence-electron chi connectivity index (χ2n) is 20.1. The van der Waals surface area contributed by atoms with Gasteiger partial charge in [0.25, 0.3) is 0 Å². The molecule has 9 nitrogen and oxygen atoms in total. The Bertz CT molecular complexity index is 1270. The van der Waals surface area contributed by atoms with Crippen molar-refractivity contribution in [1.82, 2.24) is 5.32 Å². The number of rotatable bonds is 49. The highest BCUT2D eigenvalue weighted by atomic mass is 16.7. The highest BCUT2D eigenvalue weighted by molar-refractivity contribution is 5.76. The molecule has 0 bridgehead atoms. The minimum Gasteiger partial charge on any atom is -0.394 e. The normalized spacial score (nSPS) is 19.9. The number of carbonyl (C=O) groups excluding carboxylic acids is 1. The summed E-state index contributed by atoms with van der Waals surface area (Å²) >= 11 is 0. The van der Waals surface area contributed by atoms with E-state index in [1.54, 1.807) is 0 Å². The van der Waals surface area contributed by atoms with E-state index in [1.165, 1.54) is 154 Å². The quantitative estimate of drug-likeness (QED) is 0.0261. The molecule has 0 aliphatic carbocycles. The van der Waals surface area contributed by atoms with E-state index in [0.717, 1.165) is 77.0 Å². The molecule has 0 radical (unpaired) electrons. The topological polar surface area (TPSA) is 149 Å². The van der Waals surface area contributed by atoms with Crippen LogP contribution in [0.5, 0.6) is 0 Å². The molecule has 9 heteroatoms. The van der Waals surface area contributed by atoms with Crippen LogP contribution in [0, 0.1) is 0 Å². The summed E-state index contributed by atoms with van der Waals surface area (Å²) in [6, 6.07) is -0.741. The van der Waals surface area contributed by atoms with Crippen molar-refractivity contribution in [1.29, 1.82) is 0 Å². The molecule has 69 heavy (non-hydrogen) atoms. The number of aliphatic hydroxyl groups excluding tert-OH is 5. The molecule has 1 rings (SSSR count). The Kier molecular flexibility index (Phi) is 46.5. The van der Waals surface area contributed by atoms with E-state index in [1.807, 2.05) is 0 Å². The molecule has 1 saturated heterocycles. The summed E-state index contributed by atoms with van der Waals surface area (Å²) in [5.41, 5.74) is 0. The fraction of sp³-hybridized carbons (Fsp3) is 0.817. The first-order valence-corrected chi connectivity index (χ1v) is 29.0. The van der Waals surface area contributed by atoms with Gasteiger partial charge >= 0.3 is 0 Å². The van der Waals surface area contributed by atoms with Crippen molar-refractivity contribution in [3.05, 3.63) is 60.8 Å². The Hall–Kier alpha value is -2.11. The molecule has 1 aliphatic heterocycles. The Labute approximate surface area is 424 Å². The van der Waals surface area contributed by atoms with Crippen LogP contribution in [-0.4, -0.2) is 87.5 Å². The average Bonchev–Trinajstić information content (AvgIpc) is 3.35. The van der Waals surface area contributed by atoms with E-state index >= 15 is 0 Å². The van der Waals surface area contributed by atoms with Gasteiger partial charge in [0, 0.05) is 6.42 Å². The first kappa shape index (κ1) is 64.9. The molecular weight excluding hydrogens is 863 g/mol. The summed E-state index contributed by atoms with van der Waals surface area (Å²) in [4.78, 5) is 13.1. The number of allylic oxidation sites excluding steroid dienone is 10. The van der Waals surface area contributed by atoms with E-state index in [9.17, 15) is 30.3 Å². The molecule has 7 unspecified atom stereocenters. The van der Waals surface area contributed by atoms with E-state index in [0.29, 0.717) is 12.8 Å². The molecule has 0 aromatic heterocycles. The number of hydrogen-bond donors (Lipinski definition) is 6. The summed E-state index contributed by atoms with van der Waals surface area (Å²) in [6.45, 7) is 3.72. The van der Waals surface area contributed by atoms with Gasteiger partial charge in [-0.05, 0) is 57.8 Å². The van der Waals surface area contributed by atoms with Gasteiger partial charge < -0.3 is 40.3 Å². The third-order valence-electron chi connectivity index (χ3n) is 13.6. The SMILES string of the molecule is CC/C=C\C/C=C\C/C=C\C/C=C\C/C=C\CCCCCC(=O)NC(COC1OC(CO)C(O)C(O)C1O)C(O)CCCCCCCCCCCCCCCCCCCCCCCCCCCCC. The monoisotopic (exact) mass is 972 g/mol. The predicted molar refractivity (Wildman–Crippen MR) is 290 cm³/mol. The molecular formula is C60H109NO8. The summed E-state index contributed by atoms with van der Waals surface area (Å²) in [5.74, 6) is -0.174. The van der Waals surface area contributed by atoms with Crippen molar-refractivity contribution in [3.63, 3.8) is 0 Å². The van der Waals surface area contributed by atoms with Gasteiger partial charge in [-0.25, -0.2) is 0 Å². The molecule has 402 valence electrons. The van der Waals surface area contributed by atoms with Gasteiger partial charge in [-0.1, -0.05) is 254 Å². The van der Waals surface area contributed by atoms with Crippen molar-refractivity contribution in [2.45, 2.75) is 301 Å². The molecule has 1 heterocycles. The van der Waals surface area contributed by atoms with Gasteiger partial charge in [0.1, 0.15) is 24.4 Å². The predicted octanol–water partition coefficient (Wildman–Crippen LogP) is 14.3. The lowest BCUT2D eigenvalue weighted by Crippen LogP contribution is -2.60. The summed E-state index contributed by atoms with van der Waals surface area (Å²) in [7, 11) is 0. The maximum absolute atomic E-state index is 13.1. The van der Waals surface area contributed by atoms with Crippen LogP contribution in [-0.2, 0) is 14.3 Å². The molecule has 1 amide bonds. The molecule has 0 aromatic carbocycles. The fourth-order valence-electron chi connectivity index (χ4n) is 9.07. The van der Waals surface area contributed by atoms with Gasteiger partial charge in [-0.15, -0.1) is 0 Å². The second kappa shape index (κ2) is 49.5. The highest BCUT2D eigenvalue weighted by Crippen LogP contribution is 2.23. The lowest BCUT2D eigenvalue weighted by atomic mass is 9.99. The van der Waals surface area contributed by atoms with Crippen LogP contribution in [0.3, 0.4) is 0 Å². The minimum atomic E-state index is -1.56. The van der Waals surface area contributed by atoms with Crippen LogP contribution in [0.25, 0.3) is 0 Å². The van der Waals surface area contributed by atoms with E-state index in [2.05, 4.69) is 79.9 Å². The third kappa shape index (κ3) is 39.1. The first-order valence-electron chi connectivity index (χ1n) is 29.0. The molecule has 0 spiro atoms. The van der Waals surface area contributed by atoms with Crippen molar-refractivity contribution in [3.8, 4) is 0 Å². The number of unbranched alkanes of at least 4 members (excludes halogenated alkanes) is 29. The molecule has 0 aromatic rings.